The first-order valence-electron chi connectivity index (χ1n) is 13.9. The second-order valence-electron chi connectivity index (χ2n) is 9.86. The molecule has 0 radical (unpaired) electrons. The molecule has 0 saturated carbocycles. The quantitative estimate of drug-likeness (QED) is 0.279. The van der Waals surface area contributed by atoms with E-state index in [1.807, 2.05) is 31.2 Å². The van der Waals surface area contributed by atoms with Crippen LogP contribution in [0.2, 0.25) is 0 Å². The number of hydrogen-bond acceptors (Lipinski definition) is 5. The first-order valence-corrected chi connectivity index (χ1v) is 13.9. The molecular formula is C33H41NO4. The molecule has 0 amide bonds. The third kappa shape index (κ3) is 6.83. The number of esters is 1. The SMILES string of the molecule is CCOC(=O)C(Cc1ccc(OCCN(C)C2c3ccccc3CCc3cc(CC)ccc32)cc1)OCC. The van der Waals surface area contributed by atoms with Crippen molar-refractivity contribution in [3.8, 4) is 5.75 Å². The smallest absolute Gasteiger partial charge is 0.335 e. The summed E-state index contributed by atoms with van der Waals surface area (Å²) in [6, 6.07) is 24.0. The Morgan fingerprint density at radius 3 is 2.34 bits per heavy atom. The molecule has 0 heterocycles. The Bertz CT molecular complexity index is 1190. The van der Waals surface area contributed by atoms with Crippen molar-refractivity contribution in [1.29, 1.82) is 0 Å². The van der Waals surface area contributed by atoms with Crippen molar-refractivity contribution < 1.29 is 19.0 Å². The first-order chi connectivity index (χ1) is 18.5. The highest BCUT2D eigenvalue weighted by Crippen LogP contribution is 2.36. The number of carbonyl (C=O) groups is 1. The summed E-state index contributed by atoms with van der Waals surface area (Å²) in [6.45, 7) is 8.11. The zero-order valence-electron chi connectivity index (χ0n) is 23.2. The Labute approximate surface area is 227 Å². The van der Waals surface area contributed by atoms with Gasteiger partial charge in [0.1, 0.15) is 12.4 Å². The molecule has 3 aromatic rings. The van der Waals surface area contributed by atoms with Gasteiger partial charge in [0.05, 0.1) is 12.6 Å². The van der Waals surface area contributed by atoms with Gasteiger partial charge in [0.15, 0.2) is 6.10 Å². The van der Waals surface area contributed by atoms with Gasteiger partial charge in [-0.2, -0.15) is 0 Å². The number of likely N-dealkylation sites (N-methyl/N-ethyl adjacent to an activating group) is 1. The molecule has 38 heavy (non-hydrogen) atoms. The van der Waals surface area contributed by atoms with E-state index in [1.165, 1.54) is 27.8 Å². The van der Waals surface area contributed by atoms with Gasteiger partial charge in [0, 0.05) is 19.6 Å². The maximum atomic E-state index is 12.2. The monoisotopic (exact) mass is 515 g/mol. The van der Waals surface area contributed by atoms with Crippen molar-refractivity contribution in [1.82, 2.24) is 4.90 Å². The maximum Gasteiger partial charge on any atom is 0.335 e. The number of fused-ring (bicyclic) bond motifs is 2. The second-order valence-corrected chi connectivity index (χ2v) is 9.86. The van der Waals surface area contributed by atoms with Crippen LogP contribution in [0.1, 0.15) is 60.2 Å². The summed E-state index contributed by atoms with van der Waals surface area (Å²) in [7, 11) is 2.19. The van der Waals surface area contributed by atoms with E-state index in [0.29, 0.717) is 26.2 Å². The molecule has 1 aliphatic rings. The van der Waals surface area contributed by atoms with Crippen LogP contribution in [0, 0.1) is 0 Å². The minimum absolute atomic E-state index is 0.207. The summed E-state index contributed by atoms with van der Waals surface area (Å²) in [5, 5.41) is 0. The summed E-state index contributed by atoms with van der Waals surface area (Å²) in [5.74, 6) is 0.505. The number of hydrogen-bond donors (Lipinski definition) is 0. The zero-order chi connectivity index (χ0) is 26.9. The average Bonchev–Trinajstić information content (AvgIpc) is 3.10. The number of nitrogens with zero attached hydrogens (tertiary/aromatic N) is 1. The Kier molecular flexibility index (Phi) is 9.97. The number of aryl methyl sites for hydroxylation is 3. The molecule has 0 aliphatic heterocycles. The Hall–Kier alpha value is -3.15. The zero-order valence-corrected chi connectivity index (χ0v) is 23.2. The molecule has 5 heteroatoms. The van der Waals surface area contributed by atoms with Crippen molar-refractivity contribution in [2.45, 2.75) is 58.6 Å². The minimum atomic E-state index is -0.584. The van der Waals surface area contributed by atoms with Crippen molar-refractivity contribution in [2.24, 2.45) is 0 Å². The van der Waals surface area contributed by atoms with Gasteiger partial charge in [-0.15, -0.1) is 0 Å². The van der Waals surface area contributed by atoms with Gasteiger partial charge >= 0.3 is 5.97 Å². The fraction of sp³-hybridized carbons (Fsp3) is 0.424. The maximum absolute atomic E-state index is 12.2. The summed E-state index contributed by atoms with van der Waals surface area (Å²) in [6.07, 6.45) is 3.11. The number of ether oxygens (including phenoxy) is 3. The van der Waals surface area contributed by atoms with Crippen LogP contribution >= 0.6 is 0 Å². The standard InChI is InChI=1S/C33H41NO4/c1-5-24-14-19-30-27(22-24)16-15-26-10-8-9-11-29(26)32(30)34(4)20-21-38-28-17-12-25(13-18-28)23-31(36-6-2)33(35)37-7-3/h8-14,17-19,22,31-32H,5-7,15-16,20-21,23H2,1-4H3. The average molecular weight is 516 g/mol. The summed E-state index contributed by atoms with van der Waals surface area (Å²) in [4.78, 5) is 14.6. The van der Waals surface area contributed by atoms with Gasteiger partial charge in [-0.05, 0) is 85.7 Å². The van der Waals surface area contributed by atoms with Crippen LogP contribution in [0.25, 0.3) is 0 Å². The Morgan fingerprint density at radius 1 is 0.895 bits per heavy atom. The van der Waals surface area contributed by atoms with Gasteiger partial charge < -0.3 is 14.2 Å². The van der Waals surface area contributed by atoms with Crippen molar-refractivity contribution >= 4 is 5.97 Å². The lowest BCUT2D eigenvalue weighted by Gasteiger charge is -2.30. The van der Waals surface area contributed by atoms with E-state index < -0.39 is 6.10 Å². The molecule has 0 bridgehead atoms. The predicted octanol–water partition coefficient (Wildman–Crippen LogP) is 5.96. The summed E-state index contributed by atoms with van der Waals surface area (Å²) in [5.41, 5.74) is 8.11. The summed E-state index contributed by atoms with van der Waals surface area (Å²) < 4.78 is 16.9. The fourth-order valence-corrected chi connectivity index (χ4v) is 5.32. The van der Waals surface area contributed by atoms with Crippen molar-refractivity contribution in [3.63, 3.8) is 0 Å². The fourth-order valence-electron chi connectivity index (χ4n) is 5.32. The van der Waals surface area contributed by atoms with Crippen LogP contribution < -0.4 is 4.74 Å². The lowest BCUT2D eigenvalue weighted by Crippen LogP contribution is -2.30. The lowest BCUT2D eigenvalue weighted by molar-refractivity contribution is -0.156. The second kappa shape index (κ2) is 13.6. The number of benzene rings is 3. The highest BCUT2D eigenvalue weighted by atomic mass is 16.6. The molecule has 0 aromatic heterocycles. The molecule has 5 nitrogen and oxygen atoms in total. The first kappa shape index (κ1) is 27.9. The molecule has 0 fully saturated rings. The lowest BCUT2D eigenvalue weighted by atomic mass is 9.92. The van der Waals surface area contributed by atoms with Crippen LogP contribution in [-0.4, -0.2) is 50.4 Å². The molecule has 2 unspecified atom stereocenters. The molecule has 1 aliphatic carbocycles. The Balaban J connectivity index is 1.41. The van der Waals surface area contributed by atoms with Gasteiger partial charge in [0.2, 0.25) is 0 Å². The molecule has 3 aromatic carbocycles. The highest BCUT2D eigenvalue weighted by molar-refractivity contribution is 5.75. The van der Waals surface area contributed by atoms with Gasteiger partial charge in [0.25, 0.3) is 0 Å². The predicted molar refractivity (Wildman–Crippen MR) is 152 cm³/mol. The topological polar surface area (TPSA) is 48.0 Å². The van der Waals surface area contributed by atoms with E-state index in [2.05, 4.69) is 61.3 Å². The van der Waals surface area contributed by atoms with E-state index in [-0.39, 0.29) is 12.0 Å². The molecular weight excluding hydrogens is 474 g/mol. The van der Waals surface area contributed by atoms with Crippen molar-refractivity contribution in [3.05, 3.63) is 100 Å². The van der Waals surface area contributed by atoms with Crippen LogP contribution in [0.5, 0.6) is 5.75 Å². The third-order valence-corrected chi connectivity index (χ3v) is 7.34. The number of carbonyl (C=O) groups excluding carboxylic acids is 1. The minimum Gasteiger partial charge on any atom is -0.492 e. The Morgan fingerprint density at radius 2 is 1.61 bits per heavy atom. The molecule has 202 valence electrons. The molecule has 0 spiro atoms. The normalized spacial score (nSPS) is 15.3. The van der Waals surface area contributed by atoms with E-state index in [4.69, 9.17) is 14.2 Å². The number of rotatable bonds is 12. The van der Waals surface area contributed by atoms with Gasteiger partial charge in [-0.25, -0.2) is 4.79 Å². The molecule has 2 atom stereocenters. The van der Waals surface area contributed by atoms with E-state index >= 15 is 0 Å². The van der Waals surface area contributed by atoms with Gasteiger partial charge in [-0.1, -0.05) is 61.5 Å². The van der Waals surface area contributed by atoms with Crippen LogP contribution in [0.15, 0.2) is 66.7 Å². The molecule has 0 N–H and O–H groups in total. The molecule has 0 saturated heterocycles. The van der Waals surface area contributed by atoms with E-state index in [1.54, 1.807) is 6.92 Å². The summed E-state index contributed by atoms with van der Waals surface area (Å²) >= 11 is 0. The van der Waals surface area contributed by atoms with Crippen LogP contribution in [0.4, 0.5) is 0 Å². The van der Waals surface area contributed by atoms with E-state index in [0.717, 1.165) is 37.1 Å². The third-order valence-electron chi connectivity index (χ3n) is 7.34. The van der Waals surface area contributed by atoms with Crippen LogP contribution in [0.3, 0.4) is 0 Å². The van der Waals surface area contributed by atoms with E-state index in [9.17, 15) is 4.79 Å². The van der Waals surface area contributed by atoms with Crippen LogP contribution in [-0.2, 0) is 40.0 Å². The largest absolute Gasteiger partial charge is 0.492 e. The molecule has 4 rings (SSSR count). The van der Waals surface area contributed by atoms with Gasteiger partial charge in [-0.3, -0.25) is 4.90 Å². The van der Waals surface area contributed by atoms with Crippen molar-refractivity contribution in [2.75, 3.05) is 33.4 Å². The highest BCUT2D eigenvalue weighted by Gasteiger charge is 2.27.